The maximum Gasteiger partial charge on any atom is 0.0827 e. The molecule has 2 rings (SSSR count). The van der Waals surface area contributed by atoms with Crippen LogP contribution in [0.15, 0.2) is 0 Å². The largest absolute Gasteiger partial charge is 0.394 e. The van der Waals surface area contributed by atoms with Crippen molar-refractivity contribution in [3.63, 3.8) is 0 Å². The number of rotatable bonds is 5. The fourth-order valence-electron chi connectivity index (χ4n) is 3.37. The Kier molecular flexibility index (Phi) is 5.84. The van der Waals surface area contributed by atoms with E-state index < -0.39 is 0 Å². The molecular formula is C16H32N2O2. The molecule has 20 heavy (non-hydrogen) atoms. The Labute approximate surface area is 123 Å². The third-order valence-electron chi connectivity index (χ3n) is 5.14. The van der Waals surface area contributed by atoms with Gasteiger partial charge in [-0.15, -0.1) is 0 Å². The maximum absolute atomic E-state index is 9.78. The monoisotopic (exact) mass is 284 g/mol. The average molecular weight is 284 g/mol. The summed E-state index contributed by atoms with van der Waals surface area (Å²) in [6, 6.07) is 0.587. The molecule has 0 aromatic carbocycles. The first-order valence-corrected chi connectivity index (χ1v) is 8.26. The highest BCUT2D eigenvalue weighted by Gasteiger charge is 2.34. The zero-order valence-electron chi connectivity index (χ0n) is 13.4. The van der Waals surface area contributed by atoms with Crippen LogP contribution in [0.3, 0.4) is 0 Å². The van der Waals surface area contributed by atoms with Crippen LogP contribution in [0.5, 0.6) is 0 Å². The minimum atomic E-state index is -0.0595. The predicted molar refractivity (Wildman–Crippen MR) is 81.9 cm³/mol. The first-order valence-electron chi connectivity index (χ1n) is 8.26. The molecule has 1 aliphatic heterocycles. The number of hydrogen-bond acceptors (Lipinski definition) is 4. The smallest absolute Gasteiger partial charge is 0.0827 e. The van der Waals surface area contributed by atoms with Crippen molar-refractivity contribution in [3.05, 3.63) is 0 Å². The van der Waals surface area contributed by atoms with E-state index in [1.54, 1.807) is 0 Å². The molecule has 2 fully saturated rings. The summed E-state index contributed by atoms with van der Waals surface area (Å²) in [5.74, 6) is 0.804. The summed E-state index contributed by atoms with van der Waals surface area (Å²) in [4.78, 5) is 2.48. The fourth-order valence-corrected chi connectivity index (χ4v) is 3.37. The molecule has 1 aliphatic carbocycles. The SMILES string of the molecule is CC1CCC(CO)(NCC2CN(C(C)C)CCO2)CC1. The molecule has 118 valence electrons. The van der Waals surface area contributed by atoms with Crippen LogP contribution in [-0.2, 0) is 4.74 Å². The Morgan fingerprint density at radius 3 is 2.65 bits per heavy atom. The van der Waals surface area contributed by atoms with Gasteiger partial charge in [0.05, 0.1) is 19.3 Å². The van der Waals surface area contributed by atoms with Gasteiger partial charge in [0.2, 0.25) is 0 Å². The van der Waals surface area contributed by atoms with Gasteiger partial charge >= 0.3 is 0 Å². The maximum atomic E-state index is 9.78. The second kappa shape index (κ2) is 7.21. The Morgan fingerprint density at radius 2 is 2.05 bits per heavy atom. The van der Waals surface area contributed by atoms with Crippen LogP contribution >= 0.6 is 0 Å². The number of morpholine rings is 1. The Bertz CT molecular complexity index is 288. The van der Waals surface area contributed by atoms with Gasteiger partial charge in [0.15, 0.2) is 0 Å². The molecule has 1 heterocycles. The molecule has 0 amide bonds. The Hall–Kier alpha value is -0.160. The van der Waals surface area contributed by atoms with Crippen molar-refractivity contribution in [2.45, 2.75) is 64.1 Å². The van der Waals surface area contributed by atoms with E-state index >= 15 is 0 Å². The van der Waals surface area contributed by atoms with E-state index in [-0.39, 0.29) is 18.2 Å². The van der Waals surface area contributed by atoms with Crippen LogP contribution < -0.4 is 5.32 Å². The summed E-state index contributed by atoms with van der Waals surface area (Å²) in [6.45, 7) is 10.8. The van der Waals surface area contributed by atoms with E-state index in [9.17, 15) is 5.11 Å². The van der Waals surface area contributed by atoms with Crippen LogP contribution in [0.2, 0.25) is 0 Å². The first-order chi connectivity index (χ1) is 9.54. The van der Waals surface area contributed by atoms with E-state index in [0.29, 0.717) is 6.04 Å². The van der Waals surface area contributed by atoms with Crippen molar-refractivity contribution in [2.24, 2.45) is 5.92 Å². The molecule has 1 saturated heterocycles. The molecule has 1 unspecified atom stereocenters. The van der Waals surface area contributed by atoms with Crippen molar-refractivity contribution < 1.29 is 9.84 Å². The Balaban J connectivity index is 1.81. The molecule has 0 aromatic rings. The lowest BCUT2D eigenvalue weighted by Crippen LogP contribution is -2.56. The van der Waals surface area contributed by atoms with Gasteiger partial charge in [-0.1, -0.05) is 6.92 Å². The van der Waals surface area contributed by atoms with Crippen molar-refractivity contribution in [1.82, 2.24) is 10.2 Å². The highest BCUT2D eigenvalue weighted by atomic mass is 16.5. The van der Waals surface area contributed by atoms with Crippen molar-refractivity contribution in [3.8, 4) is 0 Å². The highest BCUT2D eigenvalue weighted by Crippen LogP contribution is 2.31. The molecule has 0 bridgehead atoms. The molecule has 2 N–H and O–H groups in total. The van der Waals surface area contributed by atoms with Gasteiger partial charge in [-0.2, -0.15) is 0 Å². The zero-order valence-corrected chi connectivity index (χ0v) is 13.4. The fraction of sp³-hybridized carbons (Fsp3) is 1.00. The van der Waals surface area contributed by atoms with Crippen LogP contribution in [-0.4, -0.2) is 60.5 Å². The van der Waals surface area contributed by atoms with Gasteiger partial charge in [-0.25, -0.2) is 0 Å². The topological polar surface area (TPSA) is 44.7 Å². The second-order valence-corrected chi connectivity index (χ2v) is 7.08. The highest BCUT2D eigenvalue weighted by molar-refractivity contribution is 4.93. The number of aliphatic hydroxyl groups is 1. The average Bonchev–Trinajstić information content (AvgIpc) is 2.47. The van der Waals surface area contributed by atoms with Crippen molar-refractivity contribution >= 4 is 0 Å². The standard InChI is InChI=1S/C16H32N2O2/c1-13(2)18-8-9-20-15(11-18)10-17-16(12-19)6-4-14(3)5-7-16/h13-15,17,19H,4-12H2,1-3H3. The van der Waals surface area contributed by atoms with Gasteiger partial charge in [0, 0.05) is 31.2 Å². The number of nitrogens with zero attached hydrogens (tertiary/aromatic N) is 1. The van der Waals surface area contributed by atoms with E-state index in [2.05, 4.69) is 31.0 Å². The molecule has 2 aliphatic rings. The lowest BCUT2D eigenvalue weighted by Gasteiger charge is -2.41. The summed E-state index contributed by atoms with van der Waals surface area (Å²) in [7, 11) is 0. The molecule has 0 aromatic heterocycles. The minimum absolute atomic E-state index is 0.0595. The zero-order chi connectivity index (χ0) is 14.6. The van der Waals surface area contributed by atoms with Gasteiger partial charge in [-0.05, 0) is 45.4 Å². The third-order valence-corrected chi connectivity index (χ3v) is 5.14. The molecule has 1 saturated carbocycles. The molecule has 4 heteroatoms. The molecule has 1 atom stereocenters. The third kappa shape index (κ3) is 4.17. The van der Waals surface area contributed by atoms with Crippen LogP contribution in [0, 0.1) is 5.92 Å². The predicted octanol–water partition coefficient (Wildman–Crippen LogP) is 1.63. The molecule has 4 nitrogen and oxygen atoms in total. The Morgan fingerprint density at radius 1 is 1.35 bits per heavy atom. The van der Waals surface area contributed by atoms with E-state index in [1.165, 1.54) is 12.8 Å². The number of hydrogen-bond donors (Lipinski definition) is 2. The lowest BCUT2D eigenvalue weighted by molar-refractivity contribution is -0.0433. The van der Waals surface area contributed by atoms with E-state index in [0.717, 1.165) is 45.0 Å². The summed E-state index contributed by atoms with van der Waals surface area (Å²) < 4.78 is 5.87. The van der Waals surface area contributed by atoms with E-state index in [4.69, 9.17) is 4.74 Å². The number of nitrogens with one attached hydrogen (secondary N) is 1. The number of aliphatic hydroxyl groups excluding tert-OH is 1. The summed E-state index contributed by atoms with van der Waals surface area (Å²) in [5, 5.41) is 13.4. The lowest BCUT2D eigenvalue weighted by atomic mass is 9.77. The minimum Gasteiger partial charge on any atom is -0.394 e. The second-order valence-electron chi connectivity index (χ2n) is 7.08. The van der Waals surface area contributed by atoms with Gasteiger partial charge in [0.1, 0.15) is 0 Å². The van der Waals surface area contributed by atoms with Gasteiger partial charge in [-0.3, -0.25) is 4.90 Å². The van der Waals surface area contributed by atoms with Gasteiger partial charge in [0.25, 0.3) is 0 Å². The van der Waals surface area contributed by atoms with Crippen molar-refractivity contribution in [2.75, 3.05) is 32.8 Å². The normalized spacial score (nSPS) is 36.5. The molecular weight excluding hydrogens is 252 g/mol. The first kappa shape index (κ1) is 16.2. The summed E-state index contributed by atoms with van der Waals surface area (Å²) in [5.41, 5.74) is -0.0595. The number of ether oxygens (including phenoxy) is 1. The van der Waals surface area contributed by atoms with E-state index in [1.807, 2.05) is 0 Å². The van der Waals surface area contributed by atoms with Gasteiger partial charge < -0.3 is 15.2 Å². The van der Waals surface area contributed by atoms with Crippen LogP contribution in [0.1, 0.15) is 46.5 Å². The van der Waals surface area contributed by atoms with Crippen LogP contribution in [0.4, 0.5) is 0 Å². The molecule has 0 radical (unpaired) electrons. The molecule has 0 spiro atoms. The summed E-state index contributed by atoms with van der Waals surface area (Å²) in [6.07, 6.45) is 4.87. The quantitative estimate of drug-likeness (QED) is 0.805. The van der Waals surface area contributed by atoms with Crippen molar-refractivity contribution in [1.29, 1.82) is 0 Å². The van der Waals surface area contributed by atoms with Crippen LogP contribution in [0.25, 0.3) is 0 Å². The summed E-state index contributed by atoms with van der Waals surface area (Å²) >= 11 is 0.